The summed E-state index contributed by atoms with van der Waals surface area (Å²) >= 11 is 0. The van der Waals surface area contributed by atoms with E-state index in [0.29, 0.717) is 25.2 Å². The van der Waals surface area contributed by atoms with Crippen LogP contribution in [0.4, 0.5) is 0 Å². The third kappa shape index (κ3) is 4.34. The van der Waals surface area contributed by atoms with E-state index >= 15 is 0 Å². The van der Waals surface area contributed by atoms with Gasteiger partial charge in [0, 0.05) is 18.5 Å². The SMILES string of the molecule is CCn1c(-c2ccc(OC)cc2)nn(CC(=O)CCc2ccccc2)c1=O. The molecule has 0 aliphatic carbocycles. The minimum absolute atomic E-state index is 0.0111. The molecule has 3 rings (SSSR count). The van der Waals surface area contributed by atoms with Crippen molar-refractivity contribution >= 4 is 5.78 Å². The Balaban J connectivity index is 1.76. The largest absolute Gasteiger partial charge is 0.497 e. The molecule has 0 fully saturated rings. The third-order valence-corrected chi connectivity index (χ3v) is 4.45. The van der Waals surface area contributed by atoms with Crippen molar-refractivity contribution in [3.05, 3.63) is 70.6 Å². The van der Waals surface area contributed by atoms with Crippen LogP contribution >= 0.6 is 0 Å². The van der Waals surface area contributed by atoms with Gasteiger partial charge in [-0.05, 0) is 43.2 Å². The maximum atomic E-state index is 12.6. The summed E-state index contributed by atoms with van der Waals surface area (Å²) in [5.74, 6) is 1.28. The molecule has 0 unspecified atom stereocenters. The van der Waals surface area contributed by atoms with Gasteiger partial charge in [-0.15, -0.1) is 5.10 Å². The first kappa shape index (κ1) is 18.6. The van der Waals surface area contributed by atoms with Gasteiger partial charge in [0.25, 0.3) is 0 Å². The van der Waals surface area contributed by atoms with Crippen molar-refractivity contribution in [3.63, 3.8) is 0 Å². The molecule has 0 spiro atoms. The predicted octanol–water partition coefficient (Wildman–Crippen LogP) is 2.94. The fourth-order valence-corrected chi connectivity index (χ4v) is 2.96. The van der Waals surface area contributed by atoms with Gasteiger partial charge in [-0.25, -0.2) is 9.48 Å². The normalized spacial score (nSPS) is 10.7. The number of ether oxygens (including phenoxy) is 1. The van der Waals surface area contributed by atoms with Gasteiger partial charge < -0.3 is 4.74 Å². The summed E-state index contributed by atoms with van der Waals surface area (Å²) in [5.41, 5.74) is 1.65. The zero-order valence-corrected chi connectivity index (χ0v) is 15.6. The molecule has 0 N–H and O–H groups in total. The van der Waals surface area contributed by atoms with E-state index in [9.17, 15) is 9.59 Å². The van der Waals surface area contributed by atoms with E-state index in [4.69, 9.17) is 4.74 Å². The summed E-state index contributed by atoms with van der Waals surface area (Å²) in [6.07, 6.45) is 1.04. The number of nitrogens with zero attached hydrogens (tertiary/aromatic N) is 3. The fraction of sp³-hybridized carbons (Fsp3) is 0.286. The smallest absolute Gasteiger partial charge is 0.346 e. The van der Waals surface area contributed by atoms with Crippen LogP contribution in [-0.2, 0) is 24.3 Å². The van der Waals surface area contributed by atoms with E-state index in [1.54, 1.807) is 11.7 Å². The minimum Gasteiger partial charge on any atom is -0.497 e. The molecule has 0 radical (unpaired) electrons. The van der Waals surface area contributed by atoms with Gasteiger partial charge >= 0.3 is 5.69 Å². The summed E-state index contributed by atoms with van der Waals surface area (Å²) in [4.78, 5) is 25.0. The summed E-state index contributed by atoms with van der Waals surface area (Å²) in [5, 5.41) is 4.41. The highest BCUT2D eigenvalue weighted by atomic mass is 16.5. The maximum absolute atomic E-state index is 12.6. The van der Waals surface area contributed by atoms with Crippen molar-refractivity contribution in [2.75, 3.05) is 7.11 Å². The number of aromatic nitrogens is 3. The molecule has 0 amide bonds. The molecule has 3 aromatic rings. The first-order valence-electron chi connectivity index (χ1n) is 9.00. The van der Waals surface area contributed by atoms with Crippen molar-refractivity contribution in [1.82, 2.24) is 14.3 Å². The summed E-state index contributed by atoms with van der Waals surface area (Å²) in [7, 11) is 1.60. The average Bonchev–Trinajstić information content (AvgIpc) is 3.02. The first-order valence-corrected chi connectivity index (χ1v) is 9.00. The van der Waals surface area contributed by atoms with Crippen molar-refractivity contribution < 1.29 is 9.53 Å². The number of Topliss-reactive ketones (excluding diaryl/α,β-unsaturated/α-hetero) is 1. The van der Waals surface area contributed by atoms with E-state index in [1.807, 2.05) is 61.5 Å². The standard InChI is InChI=1S/C21H23N3O3/c1-3-23-20(17-10-13-19(27-2)14-11-17)22-24(21(23)26)15-18(25)12-9-16-7-5-4-6-8-16/h4-8,10-11,13-14H,3,9,12,15H2,1-2H3. The average molecular weight is 365 g/mol. The van der Waals surface area contributed by atoms with Crippen LogP contribution in [0.2, 0.25) is 0 Å². The van der Waals surface area contributed by atoms with E-state index in [2.05, 4.69) is 5.10 Å². The zero-order chi connectivity index (χ0) is 19.2. The van der Waals surface area contributed by atoms with Gasteiger partial charge in [-0.2, -0.15) is 0 Å². The van der Waals surface area contributed by atoms with Crippen molar-refractivity contribution in [3.8, 4) is 17.1 Å². The van der Waals surface area contributed by atoms with Gasteiger partial charge in [0.05, 0.1) is 7.11 Å². The second-order valence-corrected chi connectivity index (χ2v) is 6.26. The maximum Gasteiger partial charge on any atom is 0.346 e. The Morgan fingerprint density at radius 3 is 2.41 bits per heavy atom. The molecule has 0 saturated carbocycles. The Kier molecular flexibility index (Phi) is 5.86. The van der Waals surface area contributed by atoms with E-state index in [0.717, 1.165) is 16.9 Å². The number of rotatable bonds is 8. The minimum atomic E-state index is -0.267. The number of methoxy groups -OCH3 is 1. The molecule has 0 aliphatic rings. The molecule has 1 heterocycles. The molecule has 140 valence electrons. The van der Waals surface area contributed by atoms with Gasteiger partial charge in [0.15, 0.2) is 11.6 Å². The second-order valence-electron chi connectivity index (χ2n) is 6.26. The van der Waals surface area contributed by atoms with Crippen LogP contribution in [0.1, 0.15) is 18.9 Å². The van der Waals surface area contributed by atoms with Gasteiger partial charge in [0.2, 0.25) is 0 Å². The van der Waals surface area contributed by atoms with Gasteiger partial charge in [-0.1, -0.05) is 30.3 Å². The van der Waals surface area contributed by atoms with Crippen LogP contribution in [-0.4, -0.2) is 27.2 Å². The van der Waals surface area contributed by atoms with Crippen LogP contribution < -0.4 is 10.4 Å². The molecule has 2 aromatic carbocycles. The van der Waals surface area contributed by atoms with Gasteiger partial charge in [-0.3, -0.25) is 9.36 Å². The number of hydrogen-bond acceptors (Lipinski definition) is 4. The van der Waals surface area contributed by atoms with Crippen LogP contribution in [0.25, 0.3) is 11.4 Å². The number of carbonyl (C=O) groups excluding carboxylic acids is 1. The Morgan fingerprint density at radius 1 is 1.07 bits per heavy atom. The molecule has 27 heavy (non-hydrogen) atoms. The lowest BCUT2D eigenvalue weighted by Gasteiger charge is -2.03. The zero-order valence-electron chi connectivity index (χ0n) is 15.6. The molecule has 0 bridgehead atoms. The van der Waals surface area contributed by atoms with Crippen LogP contribution in [0.15, 0.2) is 59.4 Å². The number of hydrogen-bond donors (Lipinski definition) is 0. The fourth-order valence-electron chi connectivity index (χ4n) is 2.96. The van der Waals surface area contributed by atoms with Gasteiger partial charge in [0.1, 0.15) is 12.3 Å². The highest BCUT2D eigenvalue weighted by molar-refractivity contribution is 5.78. The first-order chi connectivity index (χ1) is 13.1. The Morgan fingerprint density at radius 2 is 1.78 bits per heavy atom. The predicted molar refractivity (Wildman–Crippen MR) is 104 cm³/mol. The highest BCUT2D eigenvalue weighted by Crippen LogP contribution is 2.20. The van der Waals surface area contributed by atoms with E-state index in [-0.39, 0.29) is 18.0 Å². The monoisotopic (exact) mass is 365 g/mol. The lowest BCUT2D eigenvalue weighted by Crippen LogP contribution is -2.27. The molecule has 0 aliphatic heterocycles. The summed E-state index contributed by atoms with van der Waals surface area (Å²) < 4.78 is 8.00. The molecule has 0 saturated heterocycles. The topological polar surface area (TPSA) is 66.1 Å². The quantitative estimate of drug-likeness (QED) is 0.616. The number of carbonyl (C=O) groups is 1. The van der Waals surface area contributed by atoms with Crippen molar-refractivity contribution in [2.24, 2.45) is 0 Å². The summed E-state index contributed by atoms with van der Waals surface area (Å²) in [6.45, 7) is 2.36. The molecule has 1 aromatic heterocycles. The lowest BCUT2D eigenvalue weighted by atomic mass is 10.1. The number of benzene rings is 2. The molecule has 0 atom stereocenters. The Labute approximate surface area is 158 Å². The van der Waals surface area contributed by atoms with E-state index in [1.165, 1.54) is 4.68 Å². The molecular formula is C21H23N3O3. The Bertz CT molecular complexity index is 957. The third-order valence-electron chi connectivity index (χ3n) is 4.45. The summed E-state index contributed by atoms with van der Waals surface area (Å²) in [6, 6.07) is 17.2. The number of aryl methyl sites for hydroxylation is 1. The lowest BCUT2D eigenvalue weighted by molar-refractivity contribution is -0.119. The molecular weight excluding hydrogens is 342 g/mol. The van der Waals surface area contributed by atoms with Crippen LogP contribution in [0.3, 0.4) is 0 Å². The Hall–Kier alpha value is -3.15. The highest BCUT2D eigenvalue weighted by Gasteiger charge is 2.16. The molecule has 6 nitrogen and oxygen atoms in total. The van der Waals surface area contributed by atoms with E-state index < -0.39 is 0 Å². The second kappa shape index (κ2) is 8.49. The number of ketones is 1. The van der Waals surface area contributed by atoms with Crippen LogP contribution in [0.5, 0.6) is 5.75 Å². The van der Waals surface area contributed by atoms with Crippen molar-refractivity contribution in [2.45, 2.75) is 32.9 Å². The van der Waals surface area contributed by atoms with Crippen LogP contribution in [0, 0.1) is 0 Å². The van der Waals surface area contributed by atoms with Crippen molar-refractivity contribution in [1.29, 1.82) is 0 Å². The molecule has 6 heteroatoms.